The van der Waals surface area contributed by atoms with Gasteiger partial charge in [-0.05, 0) is 56.9 Å². The van der Waals surface area contributed by atoms with Gasteiger partial charge in [-0.15, -0.1) is 0 Å². The van der Waals surface area contributed by atoms with E-state index in [2.05, 4.69) is 0 Å². The smallest absolute Gasteiger partial charge is 0.155 e. The Labute approximate surface area is 110 Å². The summed E-state index contributed by atoms with van der Waals surface area (Å²) in [7, 11) is -3.34. The number of aryl methyl sites for hydroxylation is 3. The van der Waals surface area contributed by atoms with Gasteiger partial charge in [-0.2, -0.15) is 0 Å². The van der Waals surface area contributed by atoms with E-state index in [4.69, 9.17) is 0 Å². The van der Waals surface area contributed by atoms with Gasteiger partial charge in [0.25, 0.3) is 0 Å². The molecule has 0 bridgehead atoms. The highest BCUT2D eigenvalue weighted by atomic mass is 32.2. The number of rotatable bonds is 3. The molecule has 0 heterocycles. The number of hydrogen-bond acceptors (Lipinski definition) is 3. The minimum Gasteiger partial charge on any atom is -0.387 e. The van der Waals surface area contributed by atoms with Crippen molar-refractivity contribution in [2.24, 2.45) is 0 Å². The van der Waals surface area contributed by atoms with Crippen LogP contribution in [0.15, 0.2) is 12.1 Å². The molecular formula is C14H22O3S. The van der Waals surface area contributed by atoms with E-state index in [0.717, 1.165) is 22.9 Å². The van der Waals surface area contributed by atoms with Gasteiger partial charge in [-0.25, -0.2) is 8.42 Å². The first-order valence-electron chi connectivity index (χ1n) is 5.94. The quantitative estimate of drug-likeness (QED) is 0.918. The molecule has 1 rings (SSSR count). The number of aliphatic hydroxyl groups is 1. The molecule has 0 aliphatic carbocycles. The van der Waals surface area contributed by atoms with Gasteiger partial charge in [0.1, 0.15) is 0 Å². The molecule has 0 aliphatic heterocycles. The zero-order valence-electron chi connectivity index (χ0n) is 11.9. The maximum absolute atomic E-state index is 11.8. The molecule has 102 valence electrons. The summed E-state index contributed by atoms with van der Waals surface area (Å²) in [6.07, 6.45) is 0.138. The Morgan fingerprint density at radius 2 is 1.50 bits per heavy atom. The molecule has 0 saturated carbocycles. The van der Waals surface area contributed by atoms with Crippen LogP contribution in [0.5, 0.6) is 0 Å². The molecular weight excluding hydrogens is 248 g/mol. The zero-order valence-corrected chi connectivity index (χ0v) is 12.7. The maximum atomic E-state index is 11.8. The zero-order chi connectivity index (χ0) is 14.3. The summed E-state index contributed by atoms with van der Waals surface area (Å²) in [4.78, 5) is 0. The van der Waals surface area contributed by atoms with E-state index in [1.807, 2.05) is 32.9 Å². The van der Waals surface area contributed by atoms with Gasteiger partial charge >= 0.3 is 0 Å². The third-order valence-electron chi connectivity index (χ3n) is 3.79. The Bertz CT molecular complexity index is 557. The third-order valence-corrected chi connectivity index (χ3v) is 5.93. The van der Waals surface area contributed by atoms with Crippen molar-refractivity contribution in [2.75, 3.05) is 6.26 Å². The number of sulfone groups is 1. The number of aliphatic hydroxyl groups excluding tert-OH is 1. The molecule has 4 heteroatoms. The van der Waals surface area contributed by atoms with Gasteiger partial charge in [0, 0.05) is 6.26 Å². The minimum absolute atomic E-state index is 0.688. The van der Waals surface area contributed by atoms with Crippen LogP contribution in [0, 0.1) is 20.8 Å². The van der Waals surface area contributed by atoms with Crippen molar-refractivity contribution >= 4 is 9.84 Å². The van der Waals surface area contributed by atoms with Gasteiger partial charge in [0.2, 0.25) is 0 Å². The predicted octanol–water partition coefficient (Wildman–Crippen LogP) is 2.47. The van der Waals surface area contributed by atoms with E-state index in [1.54, 1.807) is 13.8 Å². The second-order valence-corrected chi connectivity index (χ2v) is 8.17. The lowest BCUT2D eigenvalue weighted by Crippen LogP contribution is -2.38. The van der Waals surface area contributed by atoms with Crippen molar-refractivity contribution < 1.29 is 13.5 Å². The average molecular weight is 270 g/mol. The molecule has 0 saturated heterocycles. The SMILES string of the molecule is Cc1cc(C)c(C(O)C(C)(C)S(C)(=O)=O)cc1C. The Morgan fingerprint density at radius 1 is 1.06 bits per heavy atom. The van der Waals surface area contributed by atoms with Gasteiger partial charge in [0.05, 0.1) is 10.9 Å². The van der Waals surface area contributed by atoms with E-state index in [-0.39, 0.29) is 0 Å². The first-order valence-corrected chi connectivity index (χ1v) is 7.83. The molecule has 1 unspecified atom stereocenters. The Hall–Kier alpha value is -0.870. The third kappa shape index (κ3) is 2.59. The Balaban J connectivity index is 3.36. The van der Waals surface area contributed by atoms with Crippen molar-refractivity contribution in [1.29, 1.82) is 0 Å². The average Bonchev–Trinajstić information content (AvgIpc) is 2.20. The highest BCUT2D eigenvalue weighted by Crippen LogP contribution is 2.34. The lowest BCUT2D eigenvalue weighted by atomic mass is 9.91. The molecule has 0 fully saturated rings. The fraction of sp³-hybridized carbons (Fsp3) is 0.571. The first kappa shape index (κ1) is 15.2. The van der Waals surface area contributed by atoms with Crippen LogP contribution in [0.2, 0.25) is 0 Å². The molecule has 0 radical (unpaired) electrons. The summed E-state index contributed by atoms with van der Waals surface area (Å²) in [6.45, 7) is 8.96. The van der Waals surface area contributed by atoms with Crippen molar-refractivity contribution in [2.45, 2.75) is 45.5 Å². The Morgan fingerprint density at radius 3 is 1.94 bits per heavy atom. The summed E-state index contributed by atoms with van der Waals surface area (Å²) >= 11 is 0. The van der Waals surface area contributed by atoms with Gasteiger partial charge < -0.3 is 5.11 Å². The molecule has 1 N–H and O–H groups in total. The fourth-order valence-electron chi connectivity index (χ4n) is 1.85. The summed E-state index contributed by atoms with van der Waals surface area (Å²) in [5.74, 6) is 0. The second kappa shape index (κ2) is 4.67. The fourth-order valence-corrected chi connectivity index (χ4v) is 2.39. The normalized spacial score (nSPS) is 14.6. The number of benzene rings is 1. The Kier molecular flexibility index (Phi) is 3.94. The van der Waals surface area contributed by atoms with Crippen molar-refractivity contribution in [3.8, 4) is 0 Å². The molecule has 0 aliphatic rings. The molecule has 3 nitrogen and oxygen atoms in total. The largest absolute Gasteiger partial charge is 0.387 e. The van der Waals surface area contributed by atoms with Crippen LogP contribution < -0.4 is 0 Å². The maximum Gasteiger partial charge on any atom is 0.155 e. The van der Waals surface area contributed by atoms with Crippen LogP contribution in [-0.2, 0) is 9.84 Å². The topological polar surface area (TPSA) is 54.4 Å². The molecule has 0 aromatic heterocycles. The summed E-state index contributed by atoms with van der Waals surface area (Å²) in [5, 5.41) is 10.4. The molecule has 1 aromatic rings. The van der Waals surface area contributed by atoms with E-state index in [1.165, 1.54) is 0 Å². The van der Waals surface area contributed by atoms with Crippen LogP contribution in [0.25, 0.3) is 0 Å². The predicted molar refractivity (Wildman–Crippen MR) is 74.5 cm³/mol. The standard InChI is InChI=1S/C14H22O3S/c1-9-7-11(3)12(8-10(9)2)13(15)14(4,5)18(6,16)17/h7-8,13,15H,1-6H3. The molecule has 1 aromatic carbocycles. The van der Waals surface area contributed by atoms with Crippen LogP contribution in [-0.4, -0.2) is 24.5 Å². The first-order chi connectivity index (χ1) is 7.98. The molecule has 1 atom stereocenters. The van der Waals surface area contributed by atoms with Crippen molar-refractivity contribution in [3.05, 3.63) is 34.4 Å². The van der Waals surface area contributed by atoms with Crippen LogP contribution in [0.1, 0.15) is 42.2 Å². The summed E-state index contributed by atoms with van der Waals surface area (Å²) in [6, 6.07) is 3.86. The lowest BCUT2D eigenvalue weighted by Gasteiger charge is -2.30. The monoisotopic (exact) mass is 270 g/mol. The molecule has 0 spiro atoms. The van der Waals surface area contributed by atoms with E-state index in [0.29, 0.717) is 5.56 Å². The second-order valence-electron chi connectivity index (χ2n) is 5.57. The van der Waals surface area contributed by atoms with Crippen LogP contribution in [0.4, 0.5) is 0 Å². The van der Waals surface area contributed by atoms with E-state index in [9.17, 15) is 13.5 Å². The van der Waals surface area contributed by atoms with Crippen LogP contribution in [0.3, 0.4) is 0 Å². The van der Waals surface area contributed by atoms with Crippen LogP contribution >= 0.6 is 0 Å². The van der Waals surface area contributed by atoms with E-state index >= 15 is 0 Å². The highest BCUT2D eigenvalue weighted by molar-refractivity contribution is 7.92. The summed E-state index contributed by atoms with van der Waals surface area (Å²) < 4.78 is 22.3. The molecule has 0 amide bonds. The van der Waals surface area contributed by atoms with E-state index < -0.39 is 20.7 Å². The van der Waals surface area contributed by atoms with Crippen molar-refractivity contribution in [1.82, 2.24) is 0 Å². The lowest BCUT2D eigenvalue weighted by molar-refractivity contribution is 0.138. The van der Waals surface area contributed by atoms with Crippen molar-refractivity contribution in [3.63, 3.8) is 0 Å². The summed E-state index contributed by atoms with van der Waals surface area (Å²) in [5.41, 5.74) is 3.80. The van der Waals surface area contributed by atoms with Gasteiger partial charge in [0.15, 0.2) is 9.84 Å². The van der Waals surface area contributed by atoms with Gasteiger partial charge in [-0.1, -0.05) is 12.1 Å². The van der Waals surface area contributed by atoms with Gasteiger partial charge in [-0.3, -0.25) is 0 Å². The minimum atomic E-state index is -3.34. The highest BCUT2D eigenvalue weighted by Gasteiger charge is 2.39. The number of hydrogen-bond donors (Lipinski definition) is 1. The molecule has 18 heavy (non-hydrogen) atoms.